The van der Waals surface area contributed by atoms with Gasteiger partial charge in [0, 0.05) is 16.2 Å². The minimum absolute atomic E-state index is 0.0485. The second-order valence-corrected chi connectivity index (χ2v) is 10.1. The van der Waals surface area contributed by atoms with Gasteiger partial charge in [0.25, 0.3) is 0 Å². The predicted octanol–water partition coefficient (Wildman–Crippen LogP) is 5.31. The molecule has 3 aliphatic carbocycles. The van der Waals surface area contributed by atoms with Crippen LogP contribution < -0.4 is 5.43 Å². The highest BCUT2D eigenvalue weighted by Crippen LogP contribution is 2.61. The highest BCUT2D eigenvalue weighted by Gasteiger charge is 2.61. The van der Waals surface area contributed by atoms with Crippen molar-refractivity contribution >= 4 is 11.6 Å². The number of nitrogens with zero attached hydrogens (tertiary/aromatic N) is 1. The fourth-order valence-electron chi connectivity index (χ4n) is 6.37. The summed E-state index contributed by atoms with van der Waals surface area (Å²) in [7, 11) is 0. The average molecular weight is 387 g/mol. The van der Waals surface area contributed by atoms with Gasteiger partial charge in [-0.15, -0.1) is 0 Å². The molecule has 5 rings (SSSR count). The summed E-state index contributed by atoms with van der Waals surface area (Å²) in [5.74, 6) is 0.662. The predicted molar refractivity (Wildman–Crippen MR) is 117 cm³/mol. The molecule has 1 amide bonds. The van der Waals surface area contributed by atoms with E-state index in [-0.39, 0.29) is 28.1 Å². The fraction of sp³-hybridized carbons (Fsp3) is 0.462. The van der Waals surface area contributed by atoms with Crippen molar-refractivity contribution in [2.45, 2.75) is 51.9 Å². The molecule has 0 aromatic heterocycles. The van der Waals surface area contributed by atoms with Gasteiger partial charge < -0.3 is 0 Å². The maximum atomic E-state index is 13.2. The van der Waals surface area contributed by atoms with E-state index in [1.807, 2.05) is 12.1 Å². The maximum Gasteiger partial charge on any atom is 0.244 e. The molecule has 1 N–H and O–H groups in total. The molecule has 3 atom stereocenters. The Bertz CT molecular complexity index is 916. The van der Waals surface area contributed by atoms with Gasteiger partial charge in [-0.2, -0.15) is 5.10 Å². The zero-order valence-electron chi connectivity index (χ0n) is 17.6. The highest BCUT2D eigenvalue weighted by atomic mass is 16.2. The number of hydrazone groups is 1. The SMILES string of the molecule is CC1(C)/C(=N/NC(=O)[C@@H]2CC2(c2ccccc2)c2ccccc2)[C@@]2(C)CC[C@H]1C2. The Morgan fingerprint density at radius 2 is 1.52 bits per heavy atom. The smallest absolute Gasteiger partial charge is 0.244 e. The van der Waals surface area contributed by atoms with E-state index >= 15 is 0 Å². The number of fused-ring (bicyclic) bond motifs is 2. The Kier molecular flexibility index (Phi) is 4.03. The lowest BCUT2D eigenvalue weighted by Crippen LogP contribution is -2.38. The fourth-order valence-corrected chi connectivity index (χ4v) is 6.37. The summed E-state index contributed by atoms with van der Waals surface area (Å²) >= 11 is 0. The quantitative estimate of drug-likeness (QED) is 0.711. The lowest BCUT2D eigenvalue weighted by molar-refractivity contribution is -0.122. The summed E-state index contributed by atoms with van der Waals surface area (Å²) in [5, 5.41) is 4.76. The van der Waals surface area contributed by atoms with Crippen molar-refractivity contribution in [1.29, 1.82) is 0 Å². The van der Waals surface area contributed by atoms with Crippen LogP contribution in [0.1, 0.15) is 57.6 Å². The van der Waals surface area contributed by atoms with Gasteiger partial charge in [0.1, 0.15) is 0 Å². The van der Waals surface area contributed by atoms with Crippen molar-refractivity contribution in [1.82, 2.24) is 5.43 Å². The molecule has 3 saturated carbocycles. The van der Waals surface area contributed by atoms with Crippen LogP contribution in [0, 0.1) is 22.7 Å². The van der Waals surface area contributed by atoms with Gasteiger partial charge in [-0.3, -0.25) is 4.79 Å². The van der Waals surface area contributed by atoms with Gasteiger partial charge in [0.05, 0.1) is 11.6 Å². The molecular formula is C26H30N2O. The first-order valence-electron chi connectivity index (χ1n) is 10.9. The Hall–Kier alpha value is -2.42. The molecule has 0 unspecified atom stereocenters. The number of carbonyl (C=O) groups is 1. The molecule has 0 radical (unpaired) electrons. The lowest BCUT2D eigenvalue weighted by Gasteiger charge is -2.35. The Morgan fingerprint density at radius 1 is 0.931 bits per heavy atom. The molecule has 29 heavy (non-hydrogen) atoms. The van der Waals surface area contributed by atoms with Gasteiger partial charge in [0.2, 0.25) is 5.91 Å². The van der Waals surface area contributed by atoms with E-state index in [1.165, 1.54) is 36.1 Å². The number of carbonyl (C=O) groups excluding carboxylic acids is 1. The van der Waals surface area contributed by atoms with Crippen molar-refractivity contribution in [3.63, 3.8) is 0 Å². The van der Waals surface area contributed by atoms with Crippen molar-refractivity contribution in [3.8, 4) is 0 Å². The molecule has 0 heterocycles. The molecule has 0 aliphatic heterocycles. The summed E-state index contributed by atoms with van der Waals surface area (Å²) in [6.45, 7) is 6.91. The monoisotopic (exact) mass is 386 g/mol. The third-order valence-corrected chi connectivity index (χ3v) is 8.08. The molecule has 2 bridgehead atoms. The van der Waals surface area contributed by atoms with Gasteiger partial charge >= 0.3 is 0 Å². The Morgan fingerprint density at radius 3 is 2.03 bits per heavy atom. The molecule has 0 spiro atoms. The number of amides is 1. The van der Waals surface area contributed by atoms with Crippen LogP contribution in [0.2, 0.25) is 0 Å². The van der Waals surface area contributed by atoms with E-state index < -0.39 is 0 Å². The highest BCUT2D eigenvalue weighted by molar-refractivity contribution is 5.98. The summed E-state index contributed by atoms with van der Waals surface area (Å²) in [6, 6.07) is 20.9. The van der Waals surface area contributed by atoms with E-state index in [0.717, 1.165) is 6.42 Å². The first-order chi connectivity index (χ1) is 13.9. The van der Waals surface area contributed by atoms with Crippen LogP contribution in [0.4, 0.5) is 0 Å². The first-order valence-corrected chi connectivity index (χ1v) is 10.9. The van der Waals surface area contributed by atoms with Gasteiger partial charge in [-0.05, 0) is 42.7 Å². The Balaban J connectivity index is 1.42. The zero-order chi connectivity index (χ0) is 20.3. The third-order valence-electron chi connectivity index (χ3n) is 8.08. The molecule has 3 aliphatic rings. The standard InChI is InChI=1S/C26H30N2O/c1-24(2)20-14-15-25(3,16-20)23(24)28-27-22(29)21-17-26(21,18-10-6-4-7-11-18)19-12-8-5-9-13-19/h4-13,20-21H,14-17H2,1-3H3,(H,27,29)/b28-23-/t20-,21-,25-/m0/s1. The summed E-state index contributed by atoms with van der Waals surface area (Å²) in [6.07, 6.45) is 4.51. The van der Waals surface area contributed by atoms with Crippen molar-refractivity contribution in [2.24, 2.45) is 27.8 Å². The average Bonchev–Trinajstić information content (AvgIpc) is 3.32. The van der Waals surface area contributed by atoms with Crippen molar-refractivity contribution in [2.75, 3.05) is 0 Å². The van der Waals surface area contributed by atoms with Crippen LogP contribution in [0.3, 0.4) is 0 Å². The number of hydrogen-bond donors (Lipinski definition) is 1. The van der Waals surface area contributed by atoms with Crippen LogP contribution in [0.15, 0.2) is 65.8 Å². The van der Waals surface area contributed by atoms with E-state index in [2.05, 4.69) is 74.7 Å². The minimum atomic E-state index is -0.235. The summed E-state index contributed by atoms with van der Waals surface area (Å²) < 4.78 is 0. The van der Waals surface area contributed by atoms with Gasteiger partial charge in [-0.1, -0.05) is 81.4 Å². The van der Waals surface area contributed by atoms with Crippen LogP contribution in [-0.4, -0.2) is 11.6 Å². The molecular weight excluding hydrogens is 356 g/mol. The van der Waals surface area contributed by atoms with E-state index in [0.29, 0.717) is 5.92 Å². The maximum absolute atomic E-state index is 13.2. The van der Waals surface area contributed by atoms with Crippen molar-refractivity contribution in [3.05, 3.63) is 71.8 Å². The number of rotatable bonds is 4. The van der Waals surface area contributed by atoms with Gasteiger partial charge in [-0.25, -0.2) is 5.43 Å². The molecule has 2 aromatic carbocycles. The van der Waals surface area contributed by atoms with Crippen molar-refractivity contribution < 1.29 is 4.79 Å². The van der Waals surface area contributed by atoms with Crippen LogP contribution >= 0.6 is 0 Å². The molecule has 3 heteroatoms. The molecule has 2 aromatic rings. The molecule has 3 fully saturated rings. The number of nitrogens with one attached hydrogen (secondary N) is 1. The van der Waals surface area contributed by atoms with E-state index in [4.69, 9.17) is 5.10 Å². The summed E-state index contributed by atoms with van der Waals surface area (Å²) in [4.78, 5) is 13.2. The van der Waals surface area contributed by atoms with E-state index in [9.17, 15) is 4.79 Å². The van der Waals surface area contributed by atoms with E-state index in [1.54, 1.807) is 0 Å². The molecule has 3 nitrogen and oxygen atoms in total. The summed E-state index contributed by atoms with van der Waals surface area (Å²) in [5.41, 5.74) is 6.62. The number of hydrogen-bond acceptors (Lipinski definition) is 2. The normalized spacial score (nSPS) is 32.3. The van der Waals surface area contributed by atoms with Crippen LogP contribution in [-0.2, 0) is 10.2 Å². The Labute approximate surface area is 173 Å². The molecule has 150 valence electrons. The van der Waals surface area contributed by atoms with Crippen LogP contribution in [0.5, 0.6) is 0 Å². The second-order valence-electron chi connectivity index (χ2n) is 10.1. The first kappa shape index (κ1) is 18.6. The number of benzene rings is 2. The molecule has 0 saturated heterocycles. The lowest BCUT2D eigenvalue weighted by atomic mass is 9.71. The largest absolute Gasteiger partial charge is 0.273 e. The zero-order valence-corrected chi connectivity index (χ0v) is 17.6. The second kappa shape index (κ2) is 6.29. The van der Waals surface area contributed by atoms with Crippen LogP contribution in [0.25, 0.3) is 0 Å². The van der Waals surface area contributed by atoms with Gasteiger partial charge in [0.15, 0.2) is 0 Å². The third kappa shape index (κ3) is 2.70. The minimum Gasteiger partial charge on any atom is -0.273 e. The topological polar surface area (TPSA) is 41.5 Å².